The molecule has 310 valence electrons. The second kappa shape index (κ2) is 73.0. The molecule has 0 aromatic rings. The highest BCUT2D eigenvalue weighted by Crippen LogP contribution is 2.02. The molecule has 0 heterocycles. The van der Waals surface area contributed by atoms with Gasteiger partial charge in [0.25, 0.3) is 0 Å². The van der Waals surface area contributed by atoms with Crippen molar-refractivity contribution in [2.24, 2.45) is 51.6 Å². The highest BCUT2D eigenvalue weighted by atomic mass is 15.2. The summed E-state index contributed by atoms with van der Waals surface area (Å²) in [5.74, 6) is 0. The molecule has 0 aliphatic carbocycles. The van der Waals surface area contributed by atoms with Crippen LogP contribution in [0.4, 0.5) is 0 Å². The summed E-state index contributed by atoms with van der Waals surface area (Å²) in [6, 6.07) is 1.88. The molecule has 0 aromatic carbocycles. The van der Waals surface area contributed by atoms with E-state index < -0.39 is 0 Å². The van der Waals surface area contributed by atoms with Gasteiger partial charge < -0.3 is 77.8 Å². The molecule has 49 heavy (non-hydrogen) atoms. The van der Waals surface area contributed by atoms with Gasteiger partial charge in [0.05, 0.1) is 0 Å². The Bertz CT molecular complexity index is 381. The maximum atomic E-state index is 5.46. The van der Waals surface area contributed by atoms with Crippen LogP contribution in [0.15, 0.2) is 0 Å². The van der Waals surface area contributed by atoms with Crippen molar-refractivity contribution in [2.75, 3.05) is 133 Å². The van der Waals surface area contributed by atoms with Gasteiger partial charge in [0, 0.05) is 83.6 Å². The minimum Gasteiger partial charge on any atom is -0.330 e. The SMILES string of the molecule is CC(C)N(CCN)C(C)C.CCNC(C)C.CCNCCN.CN(C)CCN.CNCCNC.NCCCCN.NCCCN.NCCN. The molecule has 0 saturated carbocycles. The van der Waals surface area contributed by atoms with Crippen LogP contribution in [-0.4, -0.2) is 161 Å². The quantitative estimate of drug-likeness (QED) is 0.0634. The third-order valence-corrected chi connectivity index (χ3v) is 5.33. The first-order valence-electron chi connectivity index (χ1n) is 18.7. The lowest BCUT2D eigenvalue weighted by molar-refractivity contribution is 0.180. The largest absolute Gasteiger partial charge is 0.330 e. The van der Waals surface area contributed by atoms with E-state index in [1.807, 2.05) is 28.2 Å². The molecule has 0 radical (unpaired) electrons. The topological polar surface area (TPSA) is 289 Å². The predicted octanol–water partition coefficient (Wildman–Crippen LogP) is -1.56. The number of rotatable bonds is 20. The fourth-order valence-electron chi connectivity index (χ4n) is 2.86. The summed E-state index contributed by atoms with van der Waals surface area (Å²) >= 11 is 0. The first-order chi connectivity index (χ1) is 23.2. The number of nitrogens with one attached hydrogen (secondary N) is 4. The van der Waals surface area contributed by atoms with E-state index in [2.05, 4.69) is 86.5 Å². The summed E-state index contributed by atoms with van der Waals surface area (Å²) in [6.07, 6.45) is 3.08. The second-order valence-corrected chi connectivity index (χ2v) is 11.7. The molecule has 0 atom stereocenters. The van der Waals surface area contributed by atoms with Gasteiger partial charge in [0.1, 0.15) is 0 Å². The van der Waals surface area contributed by atoms with E-state index >= 15 is 0 Å². The average molecular weight is 718 g/mol. The van der Waals surface area contributed by atoms with Crippen molar-refractivity contribution in [3.8, 4) is 0 Å². The molecule has 0 saturated heterocycles. The molecule has 0 spiro atoms. The average Bonchev–Trinajstić information content (AvgIpc) is 3.06. The van der Waals surface area contributed by atoms with Crippen molar-refractivity contribution >= 4 is 0 Å². The lowest BCUT2D eigenvalue weighted by Crippen LogP contribution is -2.40. The number of likely N-dealkylation sites (N-methyl/N-ethyl adjacent to an activating group) is 4. The van der Waals surface area contributed by atoms with Crippen LogP contribution in [0.5, 0.6) is 0 Å². The normalized spacial score (nSPS) is 9.67. The van der Waals surface area contributed by atoms with Crippen molar-refractivity contribution in [1.29, 1.82) is 0 Å². The zero-order chi connectivity index (χ0) is 40.2. The van der Waals surface area contributed by atoms with Gasteiger partial charge in [-0.2, -0.15) is 0 Å². The van der Waals surface area contributed by atoms with Crippen molar-refractivity contribution < 1.29 is 0 Å². The lowest BCUT2D eigenvalue weighted by Gasteiger charge is -2.29. The summed E-state index contributed by atoms with van der Waals surface area (Å²) in [5, 5.41) is 12.3. The van der Waals surface area contributed by atoms with Gasteiger partial charge in [-0.1, -0.05) is 27.7 Å². The molecule has 15 heteroatoms. The molecule has 0 unspecified atom stereocenters. The molecule has 0 amide bonds. The number of hydrogen-bond acceptors (Lipinski definition) is 15. The van der Waals surface area contributed by atoms with Crippen LogP contribution in [0, 0.1) is 0 Å². The number of nitrogens with zero attached hydrogens (tertiary/aromatic N) is 2. The van der Waals surface area contributed by atoms with Crippen LogP contribution in [-0.2, 0) is 0 Å². The van der Waals surface area contributed by atoms with E-state index in [1.54, 1.807) is 0 Å². The summed E-state index contributed by atoms with van der Waals surface area (Å²) in [6.45, 7) is 30.9. The Kier molecular flexibility index (Phi) is 99.2. The molecule has 15 nitrogen and oxygen atoms in total. The minimum atomic E-state index is 0.597. The van der Waals surface area contributed by atoms with Crippen molar-refractivity contribution in [1.82, 2.24) is 31.1 Å². The summed E-state index contributed by atoms with van der Waals surface area (Å²) < 4.78 is 0. The maximum Gasteiger partial charge on any atom is 0.0110 e. The Morgan fingerprint density at radius 2 is 0.857 bits per heavy atom. The lowest BCUT2D eigenvalue weighted by atomic mass is 10.2. The standard InChI is InChI=1S/C8H20N2.C5H13N.4C4H12N2.C3H10N2.C2H8N2/c1-7(2)10(6-5-9)8(3)4;1-4-6-5(2)3;1-6(2)4-3-5;1-5-3-4-6-2;1-2-6-4-3-5;5-3-1-2-4-6;4-2-1-3-5;3-1-2-4/h7-8H,5-6,9H2,1-4H3;5-6H,4H2,1-3H3;3-5H2,1-2H3;5-6H,3-4H2,1-2H3;6H,2-5H2,1H3;1-6H2;1-5H2;1-4H2. The molecule has 0 bridgehead atoms. The second-order valence-electron chi connectivity index (χ2n) is 11.7. The molecular weight excluding hydrogens is 618 g/mol. The minimum absolute atomic E-state index is 0.597. The third kappa shape index (κ3) is 121. The zero-order valence-electron chi connectivity index (χ0n) is 35.3. The number of nitrogens with two attached hydrogens (primary N) is 9. The van der Waals surface area contributed by atoms with Crippen LogP contribution >= 0.6 is 0 Å². The highest BCUT2D eigenvalue weighted by Gasteiger charge is 2.10. The first kappa shape index (κ1) is 66.6. The Morgan fingerprint density at radius 1 is 0.469 bits per heavy atom. The predicted molar refractivity (Wildman–Crippen MR) is 226 cm³/mol. The van der Waals surface area contributed by atoms with Crippen LogP contribution < -0.4 is 72.9 Å². The molecule has 0 aromatic heterocycles. The third-order valence-electron chi connectivity index (χ3n) is 5.33. The molecule has 0 aliphatic heterocycles. The first-order valence-corrected chi connectivity index (χ1v) is 18.7. The van der Waals surface area contributed by atoms with Gasteiger partial charge in [-0.15, -0.1) is 0 Å². The number of unbranched alkanes of at least 4 members (excludes halogenated alkanes) is 1. The molecule has 0 fully saturated rings. The molecule has 0 aliphatic rings. The summed E-state index contributed by atoms with van der Waals surface area (Å²) in [5.41, 5.74) is 46.0. The van der Waals surface area contributed by atoms with Crippen molar-refractivity contribution in [3.63, 3.8) is 0 Å². The van der Waals surface area contributed by atoms with Gasteiger partial charge in [-0.05, 0) is 114 Å². The smallest absolute Gasteiger partial charge is 0.0110 e. The molecular formula is C34H99N15. The monoisotopic (exact) mass is 718 g/mol. The van der Waals surface area contributed by atoms with E-state index in [0.29, 0.717) is 31.2 Å². The van der Waals surface area contributed by atoms with Crippen LogP contribution in [0.3, 0.4) is 0 Å². The fraction of sp³-hybridized carbons (Fsp3) is 1.00. The van der Waals surface area contributed by atoms with Gasteiger partial charge in [-0.25, -0.2) is 0 Å². The Morgan fingerprint density at radius 3 is 0.939 bits per heavy atom. The van der Waals surface area contributed by atoms with Crippen LogP contribution in [0.2, 0.25) is 0 Å². The maximum absolute atomic E-state index is 5.46. The highest BCUT2D eigenvalue weighted by molar-refractivity contribution is 4.66. The van der Waals surface area contributed by atoms with E-state index in [4.69, 9.17) is 51.6 Å². The fourth-order valence-corrected chi connectivity index (χ4v) is 2.86. The van der Waals surface area contributed by atoms with E-state index in [-0.39, 0.29) is 0 Å². The van der Waals surface area contributed by atoms with Crippen molar-refractivity contribution in [2.45, 2.75) is 92.8 Å². The van der Waals surface area contributed by atoms with E-state index in [1.165, 1.54) is 0 Å². The molecule has 22 N–H and O–H groups in total. The Hall–Kier alpha value is -0.600. The Labute approximate surface area is 308 Å². The van der Waals surface area contributed by atoms with Gasteiger partial charge >= 0.3 is 0 Å². The van der Waals surface area contributed by atoms with Crippen LogP contribution in [0.25, 0.3) is 0 Å². The zero-order valence-corrected chi connectivity index (χ0v) is 35.3. The summed E-state index contributed by atoms with van der Waals surface area (Å²) in [7, 11) is 7.90. The van der Waals surface area contributed by atoms with Crippen molar-refractivity contribution in [3.05, 3.63) is 0 Å². The number of hydrogen-bond donors (Lipinski definition) is 13. The molecule has 0 rings (SSSR count). The van der Waals surface area contributed by atoms with E-state index in [0.717, 1.165) is 111 Å². The van der Waals surface area contributed by atoms with Crippen LogP contribution in [0.1, 0.15) is 74.7 Å². The van der Waals surface area contributed by atoms with Gasteiger partial charge in [-0.3, -0.25) is 4.90 Å². The van der Waals surface area contributed by atoms with Gasteiger partial charge in [0.2, 0.25) is 0 Å². The Balaban J connectivity index is -0.0000000663. The van der Waals surface area contributed by atoms with Gasteiger partial charge in [0.15, 0.2) is 0 Å². The van der Waals surface area contributed by atoms with E-state index in [9.17, 15) is 0 Å². The summed E-state index contributed by atoms with van der Waals surface area (Å²) in [4.78, 5) is 4.44.